The number of aromatic nitrogens is 4. The van der Waals surface area contributed by atoms with Gasteiger partial charge in [0.25, 0.3) is 6.43 Å². The molecule has 2 aromatic carbocycles. The Balaban J connectivity index is 1.17. The molecule has 40 heavy (non-hydrogen) atoms. The molecular formula is C30H35F2N7O. The number of alkyl halides is 2. The van der Waals surface area contributed by atoms with Crippen molar-refractivity contribution in [1.82, 2.24) is 24.4 Å². The van der Waals surface area contributed by atoms with Crippen LogP contribution in [0.25, 0.3) is 16.9 Å². The monoisotopic (exact) mass is 547 g/mol. The van der Waals surface area contributed by atoms with E-state index in [9.17, 15) is 8.78 Å². The number of ether oxygens (including phenoxy) is 1. The van der Waals surface area contributed by atoms with Gasteiger partial charge in [0.05, 0.1) is 24.2 Å². The van der Waals surface area contributed by atoms with Gasteiger partial charge < -0.3 is 15.0 Å². The number of benzene rings is 2. The van der Waals surface area contributed by atoms with Crippen molar-refractivity contribution in [3.05, 3.63) is 72.1 Å². The highest BCUT2D eigenvalue weighted by molar-refractivity contribution is 5.78. The van der Waals surface area contributed by atoms with Gasteiger partial charge in [-0.15, -0.1) is 0 Å². The Bertz CT molecular complexity index is 1400. The van der Waals surface area contributed by atoms with E-state index in [1.807, 2.05) is 6.07 Å². The number of rotatable bonds is 9. The Morgan fingerprint density at radius 2 is 1.60 bits per heavy atom. The van der Waals surface area contributed by atoms with Crippen LogP contribution in [0.3, 0.4) is 0 Å². The lowest BCUT2D eigenvalue weighted by molar-refractivity contribution is 0.122. The number of anilines is 2. The summed E-state index contributed by atoms with van der Waals surface area (Å²) in [6, 6.07) is 19.6. The SMILES string of the molecule is FC(F)c1nc2ccccc2n1-c1cc(N2CCOCC2)nc(NCCC2CCN(Cc3ccccc3)CC2)n1. The van der Waals surface area contributed by atoms with Gasteiger partial charge in [0.15, 0.2) is 5.82 Å². The number of piperidine rings is 1. The fraction of sp³-hybridized carbons (Fsp3) is 0.433. The molecule has 0 atom stereocenters. The lowest BCUT2D eigenvalue weighted by atomic mass is 9.93. The van der Waals surface area contributed by atoms with E-state index in [1.165, 1.54) is 10.1 Å². The summed E-state index contributed by atoms with van der Waals surface area (Å²) < 4.78 is 35.2. The summed E-state index contributed by atoms with van der Waals surface area (Å²) in [7, 11) is 0. The predicted molar refractivity (Wildman–Crippen MR) is 152 cm³/mol. The van der Waals surface area contributed by atoms with Gasteiger partial charge in [-0.25, -0.2) is 13.8 Å². The van der Waals surface area contributed by atoms with Gasteiger partial charge in [-0.1, -0.05) is 42.5 Å². The molecular weight excluding hydrogens is 512 g/mol. The Kier molecular flexibility index (Phi) is 8.15. The lowest BCUT2D eigenvalue weighted by Gasteiger charge is -2.32. The largest absolute Gasteiger partial charge is 0.378 e. The molecule has 6 rings (SSSR count). The standard InChI is InChI=1S/C30H35F2N7O/c31-28(32)29-34-24-8-4-5-9-25(24)39(29)27-20-26(38-16-18-40-19-17-38)35-30(36-27)33-13-10-22-11-14-37(15-12-22)21-23-6-2-1-3-7-23/h1-9,20,22,28H,10-19,21H2,(H,33,35,36). The topological polar surface area (TPSA) is 71.3 Å². The average Bonchev–Trinajstić information content (AvgIpc) is 3.39. The molecule has 0 radical (unpaired) electrons. The van der Waals surface area contributed by atoms with Gasteiger partial charge in [-0.05, 0) is 56.0 Å². The highest BCUT2D eigenvalue weighted by atomic mass is 19.3. The molecule has 0 aliphatic carbocycles. The first-order valence-corrected chi connectivity index (χ1v) is 14.1. The minimum atomic E-state index is -2.74. The molecule has 2 fully saturated rings. The van der Waals surface area contributed by atoms with Crippen LogP contribution in [-0.2, 0) is 11.3 Å². The van der Waals surface area contributed by atoms with Gasteiger partial charge in [0.2, 0.25) is 5.95 Å². The third-order valence-corrected chi connectivity index (χ3v) is 7.84. The molecule has 2 aliphatic heterocycles. The number of nitrogens with one attached hydrogen (secondary N) is 1. The molecule has 2 saturated heterocycles. The molecule has 2 aliphatic rings. The lowest BCUT2D eigenvalue weighted by Crippen LogP contribution is -2.37. The maximum absolute atomic E-state index is 14.1. The van der Waals surface area contributed by atoms with Crippen LogP contribution in [0.5, 0.6) is 0 Å². The molecule has 2 aromatic heterocycles. The molecule has 8 nitrogen and oxygen atoms in total. The van der Waals surface area contributed by atoms with E-state index in [0.29, 0.717) is 60.8 Å². The maximum Gasteiger partial charge on any atom is 0.296 e. The minimum absolute atomic E-state index is 0.318. The molecule has 0 bridgehead atoms. The van der Waals surface area contributed by atoms with E-state index in [-0.39, 0.29) is 5.82 Å². The summed E-state index contributed by atoms with van der Waals surface area (Å²) in [5.41, 5.74) is 2.46. The van der Waals surface area contributed by atoms with E-state index < -0.39 is 6.43 Å². The van der Waals surface area contributed by atoms with Crippen LogP contribution in [0.4, 0.5) is 20.5 Å². The van der Waals surface area contributed by atoms with Gasteiger partial charge in [-0.3, -0.25) is 9.47 Å². The molecule has 0 spiro atoms. The molecule has 0 amide bonds. The number of likely N-dealkylation sites (tertiary alicyclic amines) is 1. The van der Waals surface area contributed by atoms with Gasteiger partial charge in [0.1, 0.15) is 11.6 Å². The Morgan fingerprint density at radius 1 is 0.875 bits per heavy atom. The van der Waals surface area contributed by atoms with E-state index in [1.54, 1.807) is 24.3 Å². The van der Waals surface area contributed by atoms with Crippen LogP contribution in [-0.4, -0.2) is 70.4 Å². The molecule has 4 heterocycles. The minimum Gasteiger partial charge on any atom is -0.378 e. The Morgan fingerprint density at radius 3 is 2.38 bits per heavy atom. The number of hydrogen-bond donors (Lipinski definition) is 1. The van der Waals surface area contributed by atoms with Crippen LogP contribution < -0.4 is 10.2 Å². The molecule has 10 heteroatoms. The highest BCUT2D eigenvalue weighted by Crippen LogP contribution is 2.29. The van der Waals surface area contributed by atoms with Crippen molar-refractivity contribution >= 4 is 22.8 Å². The van der Waals surface area contributed by atoms with Crippen molar-refractivity contribution < 1.29 is 13.5 Å². The fourth-order valence-electron chi connectivity index (χ4n) is 5.66. The molecule has 210 valence electrons. The number of nitrogens with zero attached hydrogens (tertiary/aromatic N) is 6. The summed E-state index contributed by atoms with van der Waals surface area (Å²) in [4.78, 5) is 18.3. The Hall–Kier alpha value is -3.63. The second-order valence-electron chi connectivity index (χ2n) is 10.5. The number of para-hydroxylation sites is 2. The van der Waals surface area contributed by atoms with Crippen molar-refractivity contribution in [1.29, 1.82) is 0 Å². The van der Waals surface area contributed by atoms with Crippen LogP contribution >= 0.6 is 0 Å². The zero-order valence-electron chi connectivity index (χ0n) is 22.6. The van der Waals surface area contributed by atoms with Crippen LogP contribution in [0.2, 0.25) is 0 Å². The summed E-state index contributed by atoms with van der Waals surface area (Å²) in [5.74, 6) is 1.84. The smallest absolute Gasteiger partial charge is 0.296 e. The number of hydrogen-bond acceptors (Lipinski definition) is 7. The van der Waals surface area contributed by atoms with E-state index in [0.717, 1.165) is 45.4 Å². The van der Waals surface area contributed by atoms with E-state index in [2.05, 4.69) is 50.4 Å². The van der Waals surface area contributed by atoms with Crippen molar-refractivity contribution in [2.24, 2.45) is 5.92 Å². The number of halogens is 2. The fourth-order valence-corrected chi connectivity index (χ4v) is 5.66. The second kappa shape index (κ2) is 12.3. The zero-order chi connectivity index (χ0) is 27.3. The second-order valence-corrected chi connectivity index (χ2v) is 10.5. The summed E-state index contributed by atoms with van der Waals surface area (Å²) >= 11 is 0. The van der Waals surface area contributed by atoms with Crippen molar-refractivity contribution in [3.63, 3.8) is 0 Å². The first-order valence-electron chi connectivity index (χ1n) is 14.1. The van der Waals surface area contributed by atoms with Crippen molar-refractivity contribution in [3.8, 4) is 5.82 Å². The average molecular weight is 548 g/mol. The molecule has 0 unspecified atom stereocenters. The first kappa shape index (κ1) is 26.6. The van der Waals surface area contributed by atoms with Crippen molar-refractivity contribution in [2.75, 3.05) is 56.2 Å². The number of morpholine rings is 1. The zero-order valence-corrected chi connectivity index (χ0v) is 22.6. The maximum atomic E-state index is 14.1. The highest BCUT2D eigenvalue weighted by Gasteiger charge is 2.24. The third kappa shape index (κ3) is 6.08. The molecule has 1 N–H and O–H groups in total. The molecule has 4 aromatic rings. The van der Waals surface area contributed by atoms with Crippen LogP contribution in [0, 0.1) is 5.92 Å². The predicted octanol–water partition coefficient (Wildman–Crippen LogP) is 5.30. The van der Waals surface area contributed by atoms with Gasteiger partial charge >= 0.3 is 0 Å². The van der Waals surface area contributed by atoms with Crippen LogP contribution in [0.1, 0.15) is 37.1 Å². The number of fused-ring (bicyclic) bond motifs is 1. The van der Waals surface area contributed by atoms with Gasteiger partial charge in [-0.2, -0.15) is 9.97 Å². The van der Waals surface area contributed by atoms with E-state index >= 15 is 0 Å². The van der Waals surface area contributed by atoms with E-state index in [4.69, 9.17) is 14.7 Å². The van der Waals surface area contributed by atoms with Crippen LogP contribution in [0.15, 0.2) is 60.7 Å². The first-order chi connectivity index (χ1) is 19.6. The normalized spacial score (nSPS) is 17.1. The van der Waals surface area contributed by atoms with Crippen molar-refractivity contribution in [2.45, 2.75) is 32.2 Å². The van der Waals surface area contributed by atoms with Gasteiger partial charge in [0, 0.05) is 32.2 Å². The quantitative estimate of drug-likeness (QED) is 0.305. The molecule has 0 saturated carbocycles. The summed E-state index contributed by atoms with van der Waals surface area (Å²) in [5, 5.41) is 3.41. The summed E-state index contributed by atoms with van der Waals surface area (Å²) in [6.45, 7) is 6.48. The summed E-state index contributed by atoms with van der Waals surface area (Å²) in [6.07, 6.45) is 0.592. The third-order valence-electron chi connectivity index (χ3n) is 7.84. The Labute approximate surface area is 233 Å². The number of imidazole rings is 1.